The van der Waals surface area contributed by atoms with E-state index in [2.05, 4.69) is 18.9 Å². The van der Waals surface area contributed by atoms with Crippen molar-refractivity contribution in [3.05, 3.63) is 35.7 Å². The Kier molecular flexibility index (Phi) is 5.28. The third-order valence-corrected chi connectivity index (χ3v) is 4.76. The van der Waals surface area contributed by atoms with Crippen LogP contribution in [0.1, 0.15) is 65.1 Å². The number of fused-ring (bicyclic) bond motifs is 1. The maximum absolute atomic E-state index is 12.5. The van der Waals surface area contributed by atoms with Crippen LogP contribution in [-0.2, 0) is 14.3 Å². The standard InChI is InChI=1S/C21H28N4O3/c1-13(2)18-17(15-9-7-8-10-24(15)22-18)19-14(3)11-16(26)25(23-19)12-28-20(27)21(4,5)6/h7-10,13-14H,11-12H2,1-6H3/t14-/m0/s1. The third kappa shape index (κ3) is 3.79. The summed E-state index contributed by atoms with van der Waals surface area (Å²) in [7, 11) is 0. The fraction of sp³-hybridized carbons (Fsp3) is 0.524. The Bertz CT molecular complexity index is 937. The van der Waals surface area contributed by atoms with E-state index in [1.165, 1.54) is 5.01 Å². The lowest BCUT2D eigenvalue weighted by molar-refractivity contribution is -0.161. The second kappa shape index (κ2) is 7.37. The molecule has 0 aromatic carbocycles. The molecule has 0 N–H and O–H groups in total. The molecule has 0 aliphatic carbocycles. The topological polar surface area (TPSA) is 76.3 Å². The highest BCUT2D eigenvalue weighted by molar-refractivity contribution is 6.11. The van der Waals surface area contributed by atoms with E-state index in [4.69, 9.17) is 9.84 Å². The van der Waals surface area contributed by atoms with E-state index >= 15 is 0 Å². The summed E-state index contributed by atoms with van der Waals surface area (Å²) in [5, 5.41) is 10.6. The summed E-state index contributed by atoms with van der Waals surface area (Å²) in [4.78, 5) is 24.6. The van der Waals surface area contributed by atoms with Crippen molar-refractivity contribution in [3.8, 4) is 0 Å². The first-order valence-corrected chi connectivity index (χ1v) is 9.63. The molecule has 2 aromatic heterocycles. The Balaban J connectivity index is 2.00. The number of nitrogens with zero attached hydrogens (tertiary/aromatic N) is 4. The normalized spacial score (nSPS) is 18.0. The fourth-order valence-corrected chi connectivity index (χ4v) is 3.17. The highest BCUT2D eigenvalue weighted by Gasteiger charge is 2.33. The first kappa shape index (κ1) is 20.0. The van der Waals surface area contributed by atoms with E-state index in [1.54, 1.807) is 20.8 Å². The largest absolute Gasteiger partial charge is 0.442 e. The van der Waals surface area contributed by atoms with Crippen LogP contribution in [0, 0.1) is 11.3 Å². The number of aromatic nitrogens is 2. The van der Waals surface area contributed by atoms with Crippen molar-refractivity contribution >= 4 is 23.1 Å². The van der Waals surface area contributed by atoms with Crippen LogP contribution in [0.4, 0.5) is 0 Å². The van der Waals surface area contributed by atoms with Crippen molar-refractivity contribution < 1.29 is 14.3 Å². The number of carbonyl (C=O) groups is 2. The van der Waals surface area contributed by atoms with Crippen LogP contribution in [-0.4, -0.2) is 38.9 Å². The molecule has 1 aliphatic heterocycles. The molecule has 3 heterocycles. The first-order chi connectivity index (χ1) is 13.1. The second-order valence-corrected chi connectivity index (χ2v) is 8.64. The van der Waals surface area contributed by atoms with Gasteiger partial charge >= 0.3 is 5.97 Å². The molecule has 0 saturated carbocycles. The molecule has 0 bridgehead atoms. The number of esters is 1. The highest BCUT2D eigenvalue weighted by Crippen LogP contribution is 2.29. The molecule has 0 radical (unpaired) electrons. The average Bonchev–Trinajstić information content (AvgIpc) is 2.99. The zero-order chi connectivity index (χ0) is 20.6. The molecule has 150 valence electrons. The molecule has 1 amide bonds. The summed E-state index contributed by atoms with van der Waals surface area (Å²) >= 11 is 0. The molecule has 0 saturated heterocycles. The van der Waals surface area contributed by atoms with E-state index in [1.807, 2.05) is 35.8 Å². The summed E-state index contributed by atoms with van der Waals surface area (Å²) in [5.41, 5.74) is 3.03. The lowest BCUT2D eigenvalue weighted by Gasteiger charge is -2.28. The number of hydrazone groups is 1. The number of pyridine rings is 1. The van der Waals surface area contributed by atoms with E-state index in [0.29, 0.717) is 6.42 Å². The number of ether oxygens (including phenoxy) is 1. The predicted molar refractivity (Wildman–Crippen MR) is 107 cm³/mol. The van der Waals surface area contributed by atoms with Gasteiger partial charge in [0.05, 0.1) is 22.3 Å². The number of hydrogen-bond acceptors (Lipinski definition) is 5. The number of rotatable bonds is 4. The molecule has 0 unspecified atom stereocenters. The molecule has 1 atom stereocenters. The smallest absolute Gasteiger partial charge is 0.313 e. The molecule has 0 spiro atoms. The minimum absolute atomic E-state index is 0.0484. The van der Waals surface area contributed by atoms with E-state index in [0.717, 1.165) is 22.5 Å². The average molecular weight is 384 g/mol. The molecule has 0 fully saturated rings. The van der Waals surface area contributed by atoms with Gasteiger partial charge in [0.2, 0.25) is 5.91 Å². The van der Waals surface area contributed by atoms with Crippen molar-refractivity contribution in [2.75, 3.05) is 6.73 Å². The van der Waals surface area contributed by atoms with Gasteiger partial charge in [-0.05, 0) is 38.8 Å². The Morgan fingerprint density at radius 1 is 1.32 bits per heavy atom. The minimum Gasteiger partial charge on any atom is -0.442 e. The van der Waals surface area contributed by atoms with Crippen molar-refractivity contribution in [3.63, 3.8) is 0 Å². The predicted octanol–water partition coefficient (Wildman–Crippen LogP) is 3.58. The summed E-state index contributed by atoms with van der Waals surface area (Å²) in [6, 6.07) is 5.90. The lowest BCUT2D eigenvalue weighted by Crippen LogP contribution is -2.39. The summed E-state index contributed by atoms with van der Waals surface area (Å²) in [6.07, 6.45) is 2.22. The second-order valence-electron chi connectivity index (χ2n) is 8.64. The number of amides is 1. The first-order valence-electron chi connectivity index (χ1n) is 9.63. The number of hydrogen-bond donors (Lipinski definition) is 0. The minimum atomic E-state index is -0.633. The zero-order valence-electron chi connectivity index (χ0n) is 17.4. The Morgan fingerprint density at radius 3 is 2.68 bits per heavy atom. The monoisotopic (exact) mass is 384 g/mol. The molecule has 7 nitrogen and oxygen atoms in total. The maximum Gasteiger partial charge on any atom is 0.313 e. The quantitative estimate of drug-likeness (QED) is 0.755. The summed E-state index contributed by atoms with van der Waals surface area (Å²) in [6.45, 7) is 11.3. The molecule has 3 rings (SSSR count). The van der Waals surface area contributed by atoms with E-state index in [-0.39, 0.29) is 30.4 Å². The highest BCUT2D eigenvalue weighted by atomic mass is 16.5. The Labute approximate surface area is 165 Å². The Hall–Kier alpha value is -2.70. The third-order valence-electron chi connectivity index (χ3n) is 4.76. The van der Waals surface area contributed by atoms with Crippen LogP contribution in [0.5, 0.6) is 0 Å². The maximum atomic E-state index is 12.5. The SMILES string of the molecule is CC(C)c1nn2ccccc2c1C1=NN(COC(=O)C(C)(C)C)C(=O)C[C@@H]1C. The summed E-state index contributed by atoms with van der Waals surface area (Å²) in [5.74, 6) is -0.363. The van der Waals surface area contributed by atoms with Crippen LogP contribution in [0.2, 0.25) is 0 Å². The lowest BCUT2D eigenvalue weighted by atomic mass is 9.90. The molecular formula is C21H28N4O3. The van der Waals surface area contributed by atoms with Crippen LogP contribution in [0.3, 0.4) is 0 Å². The number of carbonyl (C=O) groups excluding carboxylic acids is 2. The van der Waals surface area contributed by atoms with E-state index < -0.39 is 5.41 Å². The fourth-order valence-electron chi connectivity index (χ4n) is 3.17. The molecule has 2 aromatic rings. The van der Waals surface area contributed by atoms with Gasteiger partial charge in [0.15, 0.2) is 6.73 Å². The van der Waals surface area contributed by atoms with Crippen LogP contribution < -0.4 is 0 Å². The zero-order valence-corrected chi connectivity index (χ0v) is 17.4. The van der Waals surface area contributed by atoms with Crippen molar-refractivity contribution in [2.45, 2.75) is 53.9 Å². The summed E-state index contributed by atoms with van der Waals surface area (Å²) < 4.78 is 7.17. The Morgan fingerprint density at radius 2 is 2.04 bits per heavy atom. The van der Waals surface area contributed by atoms with Gasteiger partial charge < -0.3 is 4.74 Å². The van der Waals surface area contributed by atoms with Crippen LogP contribution in [0.25, 0.3) is 5.52 Å². The van der Waals surface area contributed by atoms with Gasteiger partial charge in [0.1, 0.15) is 0 Å². The van der Waals surface area contributed by atoms with Gasteiger partial charge in [0, 0.05) is 24.1 Å². The van der Waals surface area contributed by atoms with E-state index in [9.17, 15) is 9.59 Å². The van der Waals surface area contributed by atoms with Gasteiger partial charge in [0.25, 0.3) is 0 Å². The molecule has 1 aliphatic rings. The van der Waals surface area contributed by atoms with Crippen molar-refractivity contribution in [1.82, 2.24) is 14.6 Å². The van der Waals surface area contributed by atoms with Crippen LogP contribution >= 0.6 is 0 Å². The van der Waals surface area contributed by atoms with Gasteiger partial charge in [-0.15, -0.1) is 0 Å². The van der Waals surface area contributed by atoms with Crippen LogP contribution in [0.15, 0.2) is 29.5 Å². The molecular weight excluding hydrogens is 356 g/mol. The van der Waals surface area contributed by atoms with Gasteiger partial charge in [-0.3, -0.25) is 9.59 Å². The molecule has 28 heavy (non-hydrogen) atoms. The van der Waals surface area contributed by atoms with Crippen molar-refractivity contribution in [2.24, 2.45) is 16.4 Å². The van der Waals surface area contributed by atoms with Gasteiger partial charge in [-0.2, -0.15) is 15.2 Å². The van der Waals surface area contributed by atoms with Gasteiger partial charge in [-0.1, -0.05) is 26.8 Å². The van der Waals surface area contributed by atoms with Gasteiger partial charge in [-0.25, -0.2) is 4.52 Å². The van der Waals surface area contributed by atoms with Crippen molar-refractivity contribution in [1.29, 1.82) is 0 Å². The molecule has 7 heteroatoms.